The predicted octanol–water partition coefficient (Wildman–Crippen LogP) is 22.2. The van der Waals surface area contributed by atoms with E-state index in [0.717, 1.165) is 108 Å². The summed E-state index contributed by atoms with van der Waals surface area (Å²) in [5.41, 5.74) is 0. The molecule has 2 unspecified atom stereocenters. The summed E-state index contributed by atoms with van der Waals surface area (Å²) in [6.45, 7) is 11.9. The van der Waals surface area contributed by atoms with Crippen LogP contribution in [0.4, 0.5) is 0 Å². The normalized spacial score (nSPS) is 14.1. The Morgan fingerprint density at radius 3 is 0.716 bits per heavy atom. The van der Waals surface area contributed by atoms with Crippen LogP contribution in [0.3, 0.4) is 0 Å². The maximum absolute atomic E-state index is 13.1. The molecule has 95 heavy (non-hydrogen) atoms. The van der Waals surface area contributed by atoms with Gasteiger partial charge in [0.25, 0.3) is 0 Å². The van der Waals surface area contributed by atoms with Crippen LogP contribution in [0.1, 0.15) is 389 Å². The maximum Gasteiger partial charge on any atom is 0.472 e. The Bertz CT molecular complexity index is 1850. The highest BCUT2D eigenvalue weighted by Crippen LogP contribution is 2.45. The zero-order valence-corrected chi connectivity index (χ0v) is 63.9. The van der Waals surface area contributed by atoms with Gasteiger partial charge in [-0.2, -0.15) is 0 Å². The van der Waals surface area contributed by atoms with Crippen molar-refractivity contribution in [3.8, 4) is 0 Å². The molecule has 0 aliphatic rings. The molecular formula is C76H148O17P2. The van der Waals surface area contributed by atoms with Crippen LogP contribution >= 0.6 is 15.6 Å². The van der Waals surface area contributed by atoms with Crippen LogP contribution in [0, 0.1) is 17.8 Å². The Morgan fingerprint density at radius 2 is 0.484 bits per heavy atom. The van der Waals surface area contributed by atoms with Gasteiger partial charge in [0.15, 0.2) is 12.2 Å². The van der Waals surface area contributed by atoms with Gasteiger partial charge in [0.2, 0.25) is 0 Å². The molecule has 0 aromatic heterocycles. The van der Waals surface area contributed by atoms with E-state index >= 15 is 0 Å². The molecule has 564 valence electrons. The summed E-state index contributed by atoms with van der Waals surface area (Å²) in [4.78, 5) is 72.8. The van der Waals surface area contributed by atoms with E-state index in [-0.39, 0.29) is 25.7 Å². The number of aliphatic hydroxyl groups is 1. The summed E-state index contributed by atoms with van der Waals surface area (Å²) < 4.78 is 68.6. The lowest BCUT2D eigenvalue weighted by molar-refractivity contribution is -0.161. The van der Waals surface area contributed by atoms with E-state index in [4.69, 9.17) is 37.0 Å². The molecule has 0 rings (SSSR count). The molecule has 0 spiro atoms. The molecule has 0 radical (unpaired) electrons. The van der Waals surface area contributed by atoms with Gasteiger partial charge >= 0.3 is 39.5 Å². The number of hydrogen-bond donors (Lipinski definition) is 3. The van der Waals surface area contributed by atoms with Gasteiger partial charge in [0.05, 0.1) is 26.4 Å². The van der Waals surface area contributed by atoms with Gasteiger partial charge in [0, 0.05) is 25.7 Å². The van der Waals surface area contributed by atoms with Gasteiger partial charge in [-0.05, 0) is 43.4 Å². The number of ether oxygens (including phenoxy) is 4. The van der Waals surface area contributed by atoms with Crippen LogP contribution in [0.5, 0.6) is 0 Å². The fraction of sp³-hybridized carbons (Fsp3) is 0.947. The summed E-state index contributed by atoms with van der Waals surface area (Å²) in [5, 5.41) is 10.6. The number of phosphoric acid groups is 2. The number of esters is 4. The Labute approximate surface area is 581 Å². The molecule has 0 aliphatic heterocycles. The Morgan fingerprint density at radius 1 is 0.284 bits per heavy atom. The first-order valence-electron chi connectivity index (χ1n) is 39.3. The second-order valence-corrected chi connectivity index (χ2v) is 31.7. The third-order valence-corrected chi connectivity index (χ3v) is 19.5. The standard InChI is InChI=1S/C76H148O17P2/c1-8-9-10-11-12-13-14-20-29-36-43-50-57-73(78)86-63-72(93-76(81)60-53-46-39-32-25-23-28-35-42-49-56-69(6)7)66-91-95(84,85)89-62-70(77)61-88-94(82,83)90-65-71(64-87-74(79)58-51-44-37-30-24-22-27-34-41-48-55-68(4)5)92-75(80)59-52-45-38-31-21-18-16-15-17-19-26-33-40-47-54-67(2)3/h67-72,77H,8-66H2,1-7H3,(H,82,83)(H,84,85)/t70-,71-,72-/m1/s1. The summed E-state index contributed by atoms with van der Waals surface area (Å²) in [6.07, 6.45) is 52.6. The Balaban J connectivity index is 5.26. The molecule has 19 heteroatoms. The second kappa shape index (κ2) is 66.6. The zero-order chi connectivity index (χ0) is 70.1. The average Bonchev–Trinajstić information content (AvgIpc) is 2.23. The summed E-state index contributed by atoms with van der Waals surface area (Å²) in [7, 11) is -9.91. The van der Waals surface area contributed by atoms with Crippen molar-refractivity contribution in [3.63, 3.8) is 0 Å². The quantitative estimate of drug-likeness (QED) is 0.0222. The summed E-state index contributed by atoms with van der Waals surface area (Å²) >= 11 is 0. The molecule has 3 N–H and O–H groups in total. The fourth-order valence-corrected chi connectivity index (χ4v) is 13.2. The van der Waals surface area contributed by atoms with Crippen molar-refractivity contribution >= 4 is 39.5 Å². The molecule has 0 aromatic rings. The minimum atomic E-state index is -4.96. The largest absolute Gasteiger partial charge is 0.472 e. The third kappa shape index (κ3) is 70.3. The van der Waals surface area contributed by atoms with E-state index in [1.165, 1.54) is 199 Å². The fourth-order valence-electron chi connectivity index (χ4n) is 11.6. The highest BCUT2D eigenvalue weighted by atomic mass is 31.2. The first-order chi connectivity index (χ1) is 45.7. The van der Waals surface area contributed by atoms with E-state index in [0.29, 0.717) is 25.7 Å². The number of carbonyl (C=O) groups is 4. The smallest absolute Gasteiger partial charge is 0.462 e. The summed E-state index contributed by atoms with van der Waals surface area (Å²) in [5.74, 6) is 0.189. The SMILES string of the molecule is CCCCCCCCCCCCCCC(=O)OC[C@H](COP(=O)(O)OC[C@H](O)COP(=O)(O)OC[C@@H](COC(=O)CCCCCCCCCCCCC(C)C)OC(=O)CCCCCCCCCCCCCCCCC(C)C)OC(=O)CCCCCCCCCCCCC(C)C. The average molecular weight is 1400 g/mol. The van der Waals surface area contributed by atoms with Crippen LogP contribution in [0.25, 0.3) is 0 Å². The van der Waals surface area contributed by atoms with Gasteiger partial charge in [-0.1, -0.05) is 337 Å². The molecule has 0 fully saturated rings. The monoisotopic (exact) mass is 1400 g/mol. The topological polar surface area (TPSA) is 237 Å². The van der Waals surface area contributed by atoms with Crippen molar-refractivity contribution < 1.29 is 80.2 Å². The number of carbonyl (C=O) groups excluding carboxylic acids is 4. The van der Waals surface area contributed by atoms with Crippen molar-refractivity contribution in [3.05, 3.63) is 0 Å². The number of aliphatic hydroxyl groups excluding tert-OH is 1. The predicted molar refractivity (Wildman–Crippen MR) is 386 cm³/mol. The first kappa shape index (κ1) is 93.1. The minimum absolute atomic E-state index is 0.106. The maximum atomic E-state index is 13.1. The Hall–Kier alpha value is -1.94. The van der Waals surface area contributed by atoms with Crippen LogP contribution in [-0.2, 0) is 65.4 Å². The highest BCUT2D eigenvalue weighted by molar-refractivity contribution is 7.47. The van der Waals surface area contributed by atoms with Gasteiger partial charge < -0.3 is 33.8 Å². The van der Waals surface area contributed by atoms with Crippen LogP contribution in [0.15, 0.2) is 0 Å². The zero-order valence-electron chi connectivity index (χ0n) is 62.1. The molecule has 5 atom stereocenters. The van der Waals surface area contributed by atoms with Crippen LogP contribution in [-0.4, -0.2) is 96.7 Å². The number of hydrogen-bond acceptors (Lipinski definition) is 15. The van der Waals surface area contributed by atoms with Gasteiger partial charge in [0.1, 0.15) is 19.3 Å². The van der Waals surface area contributed by atoms with Crippen LogP contribution in [0.2, 0.25) is 0 Å². The lowest BCUT2D eigenvalue weighted by Crippen LogP contribution is -2.30. The molecule has 0 aromatic carbocycles. The van der Waals surface area contributed by atoms with E-state index < -0.39 is 97.5 Å². The van der Waals surface area contributed by atoms with E-state index in [2.05, 4.69) is 48.5 Å². The van der Waals surface area contributed by atoms with E-state index in [9.17, 15) is 43.2 Å². The molecule has 0 aliphatic carbocycles. The van der Waals surface area contributed by atoms with Crippen molar-refractivity contribution in [2.24, 2.45) is 17.8 Å². The minimum Gasteiger partial charge on any atom is -0.462 e. The lowest BCUT2D eigenvalue weighted by atomic mass is 10.0. The van der Waals surface area contributed by atoms with Gasteiger partial charge in [-0.15, -0.1) is 0 Å². The van der Waals surface area contributed by atoms with Crippen LogP contribution < -0.4 is 0 Å². The second-order valence-electron chi connectivity index (χ2n) is 28.8. The number of unbranched alkanes of at least 4 members (excludes halogenated alkanes) is 42. The molecule has 0 saturated heterocycles. The summed E-state index contributed by atoms with van der Waals surface area (Å²) in [6, 6.07) is 0. The molecule has 0 amide bonds. The van der Waals surface area contributed by atoms with Crippen molar-refractivity contribution in [2.45, 2.75) is 407 Å². The van der Waals surface area contributed by atoms with Gasteiger partial charge in [-0.25, -0.2) is 9.13 Å². The molecular weight excluding hydrogens is 1250 g/mol. The first-order valence-corrected chi connectivity index (χ1v) is 42.3. The number of phosphoric ester groups is 2. The van der Waals surface area contributed by atoms with E-state index in [1.807, 2.05) is 0 Å². The molecule has 17 nitrogen and oxygen atoms in total. The van der Waals surface area contributed by atoms with E-state index in [1.54, 1.807) is 0 Å². The third-order valence-electron chi connectivity index (χ3n) is 17.6. The molecule has 0 saturated carbocycles. The molecule has 0 bridgehead atoms. The molecule has 0 heterocycles. The van der Waals surface area contributed by atoms with Crippen molar-refractivity contribution in [2.75, 3.05) is 39.6 Å². The van der Waals surface area contributed by atoms with Gasteiger partial charge in [-0.3, -0.25) is 37.3 Å². The number of rotatable bonds is 74. The lowest BCUT2D eigenvalue weighted by Gasteiger charge is -2.21. The Kier molecular flexibility index (Phi) is 65.2. The highest BCUT2D eigenvalue weighted by Gasteiger charge is 2.30. The van der Waals surface area contributed by atoms with Crippen molar-refractivity contribution in [1.82, 2.24) is 0 Å². The van der Waals surface area contributed by atoms with Crippen molar-refractivity contribution in [1.29, 1.82) is 0 Å².